The maximum atomic E-state index is 12.0. The van der Waals surface area contributed by atoms with E-state index in [4.69, 9.17) is 44.4 Å². The van der Waals surface area contributed by atoms with Gasteiger partial charge in [0.05, 0.1) is 60.6 Å². The van der Waals surface area contributed by atoms with Crippen LogP contribution in [0.1, 0.15) is 33.4 Å². The topological polar surface area (TPSA) is 208 Å². The molecule has 0 saturated carbocycles. The Labute approximate surface area is 335 Å². The van der Waals surface area contributed by atoms with Gasteiger partial charge in [-0.15, -0.1) is 0 Å². The number of anilines is 2. The summed E-state index contributed by atoms with van der Waals surface area (Å²) in [7, 11) is 9.46. The number of hydrogen-bond donors (Lipinski definition) is 6. The number of ether oxygens (including phenoxy) is 6. The molecule has 2 amide bonds. The first-order chi connectivity index (χ1) is 26.9. The van der Waals surface area contributed by atoms with Crippen molar-refractivity contribution in [3.8, 4) is 34.5 Å². The number of amides is 2. The van der Waals surface area contributed by atoms with E-state index in [-0.39, 0.29) is 19.9 Å². The highest BCUT2D eigenvalue weighted by molar-refractivity contribution is 5.97. The molecule has 0 bridgehead atoms. The molecule has 9 N–H and O–H groups in total. The lowest BCUT2D eigenvalue weighted by Crippen LogP contribution is -2.68. The van der Waals surface area contributed by atoms with E-state index in [9.17, 15) is 9.59 Å². The highest BCUT2D eigenvalue weighted by Gasteiger charge is 2.18. The SMILES string of the molecule is COc1ccc(/C=C\c2cc(C)c(OC)c(OC)c2)cc1NC(=O)[C@@H](N)CO.COc1ccc(/C=C\c2cc(C)c(OC)c(OC)c2)cc1NC(=O)[C@@H]([NH3+])CO.[CH3-]. The lowest BCUT2D eigenvalue weighted by Gasteiger charge is -2.13. The Morgan fingerprint density at radius 3 is 1.33 bits per heavy atom. The maximum absolute atomic E-state index is 12.0. The number of nitrogens with two attached hydrogens (primary N) is 1. The van der Waals surface area contributed by atoms with Gasteiger partial charge in [0.25, 0.3) is 5.91 Å². The van der Waals surface area contributed by atoms with Gasteiger partial charge in [0.2, 0.25) is 5.91 Å². The first-order valence-electron chi connectivity index (χ1n) is 17.5. The molecule has 0 aliphatic heterocycles. The third kappa shape index (κ3) is 13.0. The van der Waals surface area contributed by atoms with Gasteiger partial charge in [0.1, 0.15) is 24.1 Å². The molecule has 0 fully saturated rings. The molecule has 57 heavy (non-hydrogen) atoms. The van der Waals surface area contributed by atoms with Gasteiger partial charge in [-0.2, -0.15) is 0 Å². The maximum Gasteiger partial charge on any atom is 0.285 e. The van der Waals surface area contributed by atoms with Crippen molar-refractivity contribution < 1.29 is 54.0 Å². The molecule has 0 aliphatic rings. The molecule has 4 rings (SSSR count). The Morgan fingerprint density at radius 1 is 0.596 bits per heavy atom. The van der Waals surface area contributed by atoms with Gasteiger partial charge in [-0.05, 0) is 95.8 Å². The highest BCUT2D eigenvalue weighted by atomic mass is 16.5. The fraction of sp³-hybridized carbons (Fsp3) is 0.279. The number of benzene rings is 4. The second kappa shape index (κ2) is 23.1. The van der Waals surface area contributed by atoms with Crippen LogP contribution in [0.4, 0.5) is 11.4 Å². The lowest BCUT2D eigenvalue weighted by molar-refractivity contribution is -0.407. The van der Waals surface area contributed by atoms with Crippen LogP contribution >= 0.6 is 0 Å². The van der Waals surface area contributed by atoms with Gasteiger partial charge >= 0.3 is 0 Å². The first-order valence-corrected chi connectivity index (χ1v) is 17.5. The fourth-order valence-corrected chi connectivity index (χ4v) is 5.42. The third-order valence-electron chi connectivity index (χ3n) is 8.40. The zero-order valence-electron chi connectivity index (χ0n) is 34.1. The van der Waals surface area contributed by atoms with Crippen molar-refractivity contribution >= 4 is 47.5 Å². The van der Waals surface area contributed by atoms with Crippen molar-refractivity contribution in [1.82, 2.24) is 0 Å². The number of hydrogen-bond acceptors (Lipinski definition) is 11. The molecule has 4 aromatic rings. The van der Waals surface area contributed by atoms with E-state index in [1.807, 2.05) is 74.5 Å². The Balaban J connectivity index is 0.000000387. The zero-order chi connectivity index (χ0) is 41.4. The number of aliphatic hydroxyl groups is 2. The molecule has 0 saturated heterocycles. The number of methoxy groups -OCH3 is 6. The van der Waals surface area contributed by atoms with Gasteiger partial charge in [-0.25, -0.2) is 0 Å². The number of rotatable bonds is 16. The smallest absolute Gasteiger partial charge is 0.285 e. The monoisotopic (exact) mass is 788 g/mol. The normalized spacial score (nSPS) is 11.7. The van der Waals surface area contributed by atoms with E-state index < -0.39 is 24.6 Å². The predicted octanol–water partition coefficient (Wildman–Crippen LogP) is 4.63. The second-order valence-corrected chi connectivity index (χ2v) is 12.4. The van der Waals surface area contributed by atoms with E-state index in [0.717, 1.165) is 33.4 Å². The summed E-state index contributed by atoms with van der Waals surface area (Å²) in [4.78, 5) is 24.0. The predicted molar refractivity (Wildman–Crippen MR) is 225 cm³/mol. The van der Waals surface area contributed by atoms with Crippen LogP contribution in [0.3, 0.4) is 0 Å². The molecule has 0 heterocycles. The molecule has 308 valence electrons. The molecule has 4 aromatic carbocycles. The van der Waals surface area contributed by atoms with E-state index >= 15 is 0 Å². The van der Waals surface area contributed by atoms with Crippen LogP contribution in [0, 0.1) is 21.3 Å². The van der Waals surface area contributed by atoms with Crippen molar-refractivity contribution in [3.63, 3.8) is 0 Å². The van der Waals surface area contributed by atoms with Gasteiger partial charge in [0.15, 0.2) is 29.0 Å². The number of carbonyl (C=O) groups is 2. The summed E-state index contributed by atoms with van der Waals surface area (Å²) >= 11 is 0. The van der Waals surface area contributed by atoms with Crippen molar-refractivity contribution in [3.05, 3.63) is 101 Å². The van der Waals surface area contributed by atoms with Crippen LogP contribution in [0.2, 0.25) is 0 Å². The summed E-state index contributed by atoms with van der Waals surface area (Å²) in [5.41, 5.74) is 15.7. The van der Waals surface area contributed by atoms with Gasteiger partial charge in [-0.3, -0.25) is 9.59 Å². The van der Waals surface area contributed by atoms with E-state index in [1.165, 1.54) is 14.2 Å². The number of aryl methyl sites for hydroxylation is 2. The Hall–Kier alpha value is -6.06. The lowest BCUT2D eigenvalue weighted by atomic mass is 10.1. The molecular weight excluding hydrogens is 732 g/mol. The van der Waals surface area contributed by atoms with Gasteiger partial charge in [-0.1, -0.05) is 36.4 Å². The molecule has 0 unspecified atom stereocenters. The number of nitrogens with one attached hydrogen (secondary N) is 2. The van der Waals surface area contributed by atoms with E-state index in [1.54, 1.807) is 52.7 Å². The van der Waals surface area contributed by atoms with Crippen molar-refractivity contribution in [2.45, 2.75) is 25.9 Å². The summed E-state index contributed by atoms with van der Waals surface area (Å²) in [5.74, 6) is 2.89. The Bertz CT molecular complexity index is 1870. The number of aliphatic hydroxyl groups excluding tert-OH is 2. The first kappa shape index (κ1) is 47.1. The summed E-state index contributed by atoms with van der Waals surface area (Å²) in [6.45, 7) is 3.14. The van der Waals surface area contributed by atoms with Gasteiger partial charge < -0.3 is 68.2 Å². The molecule has 0 aliphatic carbocycles. The Kier molecular flexibility index (Phi) is 19.1. The van der Waals surface area contributed by atoms with Gasteiger partial charge in [0, 0.05) is 0 Å². The van der Waals surface area contributed by atoms with Crippen LogP contribution < -0.4 is 50.5 Å². The summed E-state index contributed by atoms with van der Waals surface area (Å²) in [5, 5.41) is 23.5. The summed E-state index contributed by atoms with van der Waals surface area (Å²) in [6, 6.07) is 16.8. The molecule has 0 spiro atoms. The van der Waals surface area contributed by atoms with E-state index in [2.05, 4.69) is 16.4 Å². The number of quaternary nitrogens is 1. The van der Waals surface area contributed by atoms with Crippen molar-refractivity contribution in [1.29, 1.82) is 0 Å². The second-order valence-electron chi connectivity index (χ2n) is 12.4. The zero-order valence-corrected chi connectivity index (χ0v) is 34.1. The number of carbonyl (C=O) groups excluding carboxylic acids is 2. The van der Waals surface area contributed by atoms with Crippen molar-refractivity contribution in [2.75, 3.05) is 66.5 Å². The van der Waals surface area contributed by atoms with E-state index in [0.29, 0.717) is 45.9 Å². The molecule has 2 atom stereocenters. The summed E-state index contributed by atoms with van der Waals surface area (Å²) in [6.07, 6.45) is 7.70. The van der Waals surface area contributed by atoms with Crippen LogP contribution in [-0.2, 0) is 9.59 Å². The summed E-state index contributed by atoms with van der Waals surface area (Å²) < 4.78 is 32.1. The fourth-order valence-electron chi connectivity index (χ4n) is 5.42. The Morgan fingerprint density at radius 2 is 0.982 bits per heavy atom. The average Bonchev–Trinajstić information content (AvgIpc) is 3.21. The molecule has 0 aromatic heterocycles. The molecule has 0 radical (unpaired) electrons. The van der Waals surface area contributed by atoms with Crippen molar-refractivity contribution in [2.24, 2.45) is 5.73 Å². The minimum atomic E-state index is -1.00. The quantitative estimate of drug-likeness (QED) is 0.0682. The third-order valence-corrected chi connectivity index (χ3v) is 8.40. The molecular formula is C43H56N4O10. The minimum Gasteiger partial charge on any atom is -0.495 e. The minimum absolute atomic E-state index is 0. The standard InChI is InChI=1S/2C21H26N2O5.CH3/c2*1-13-9-15(11-19(27-3)20(13)28-4)6-5-14-7-8-18(26-2)17(10-14)23-21(25)16(22)12-24;/h2*5-11,16,24H,12,22H2,1-4H3,(H,23,25);1H3/q;;-1/p+1/b2*6-5-;/t2*16-;/m00./s1. The largest absolute Gasteiger partial charge is 0.495 e. The van der Waals surface area contributed by atoms with Crippen LogP contribution in [0.5, 0.6) is 34.5 Å². The molecule has 14 heteroatoms. The average molecular weight is 789 g/mol. The van der Waals surface area contributed by atoms with Crippen LogP contribution in [0.25, 0.3) is 24.3 Å². The molecule has 14 nitrogen and oxygen atoms in total. The van der Waals surface area contributed by atoms with Crippen LogP contribution in [-0.4, -0.2) is 90.0 Å². The highest BCUT2D eigenvalue weighted by Crippen LogP contribution is 2.34. The van der Waals surface area contributed by atoms with Crippen LogP contribution in [0.15, 0.2) is 60.7 Å².